The Bertz CT molecular complexity index is 940. The number of rotatable bonds is 5. The third kappa shape index (κ3) is 3.91. The van der Waals surface area contributed by atoms with Gasteiger partial charge in [-0.05, 0) is 30.2 Å². The van der Waals surface area contributed by atoms with Crippen LogP contribution < -0.4 is 4.74 Å². The Morgan fingerprint density at radius 3 is 2.69 bits per heavy atom. The zero-order valence-electron chi connectivity index (χ0n) is 14.3. The van der Waals surface area contributed by atoms with Crippen LogP contribution in [0, 0.1) is 11.7 Å². The predicted octanol–water partition coefficient (Wildman–Crippen LogP) is 4.46. The molecule has 26 heavy (non-hydrogen) atoms. The quantitative estimate of drug-likeness (QED) is 0.662. The highest BCUT2D eigenvalue weighted by Crippen LogP contribution is 2.24. The van der Waals surface area contributed by atoms with E-state index in [4.69, 9.17) is 16.3 Å². The average molecular weight is 374 g/mol. The molecule has 0 radical (unpaired) electrons. The topological polar surface area (TPSA) is 57.0 Å². The molecule has 134 valence electrons. The molecule has 5 nitrogen and oxygen atoms in total. The number of carbonyl (C=O) groups is 1. The van der Waals surface area contributed by atoms with E-state index in [9.17, 15) is 9.18 Å². The zero-order chi connectivity index (χ0) is 18.7. The number of halogens is 2. The molecular weight excluding hydrogens is 357 g/mol. The molecular formula is C19H17ClFN3O2. The highest BCUT2D eigenvalue weighted by Gasteiger charge is 2.22. The van der Waals surface area contributed by atoms with Crippen molar-refractivity contribution < 1.29 is 13.9 Å². The van der Waals surface area contributed by atoms with Crippen molar-refractivity contribution in [3.8, 4) is 17.4 Å². The second-order valence-corrected chi connectivity index (χ2v) is 6.57. The standard InChI is InChI=1S/C19H17ClFN3O2/c1-12(2)11-26-19-22-17(13-6-5-7-14(20)10-13)24(23-19)18(25)15-8-3-4-9-16(15)21/h3-10,12H,11H2,1-2H3. The van der Waals surface area contributed by atoms with Crippen molar-refractivity contribution in [2.45, 2.75) is 13.8 Å². The lowest BCUT2D eigenvalue weighted by molar-refractivity contribution is 0.0940. The highest BCUT2D eigenvalue weighted by molar-refractivity contribution is 6.30. The molecule has 7 heteroatoms. The summed E-state index contributed by atoms with van der Waals surface area (Å²) in [6.07, 6.45) is 0. The molecule has 1 aromatic heterocycles. The third-order valence-corrected chi connectivity index (χ3v) is 3.75. The minimum Gasteiger partial charge on any atom is -0.462 e. The largest absolute Gasteiger partial charge is 0.462 e. The zero-order valence-corrected chi connectivity index (χ0v) is 15.1. The summed E-state index contributed by atoms with van der Waals surface area (Å²) in [7, 11) is 0. The molecule has 0 aliphatic carbocycles. The minimum atomic E-state index is -0.634. The monoisotopic (exact) mass is 373 g/mol. The number of ether oxygens (including phenoxy) is 1. The molecule has 2 aromatic carbocycles. The van der Waals surface area contributed by atoms with E-state index in [0.29, 0.717) is 17.2 Å². The lowest BCUT2D eigenvalue weighted by Crippen LogP contribution is -2.17. The maximum Gasteiger partial charge on any atom is 0.336 e. The van der Waals surface area contributed by atoms with Crippen molar-refractivity contribution in [1.29, 1.82) is 0 Å². The van der Waals surface area contributed by atoms with Gasteiger partial charge in [-0.15, -0.1) is 5.10 Å². The summed E-state index contributed by atoms with van der Waals surface area (Å²) in [5.41, 5.74) is 0.477. The summed E-state index contributed by atoms with van der Waals surface area (Å²) in [4.78, 5) is 17.1. The van der Waals surface area contributed by atoms with Crippen LogP contribution in [0.2, 0.25) is 5.02 Å². The van der Waals surface area contributed by atoms with Crippen LogP contribution in [-0.4, -0.2) is 27.3 Å². The van der Waals surface area contributed by atoms with Gasteiger partial charge < -0.3 is 4.74 Å². The van der Waals surface area contributed by atoms with Crippen LogP contribution in [0.5, 0.6) is 6.01 Å². The van der Waals surface area contributed by atoms with E-state index in [0.717, 1.165) is 4.68 Å². The van der Waals surface area contributed by atoms with Crippen molar-refractivity contribution in [2.75, 3.05) is 6.61 Å². The highest BCUT2D eigenvalue weighted by atomic mass is 35.5. The van der Waals surface area contributed by atoms with Crippen LogP contribution in [0.25, 0.3) is 11.4 Å². The van der Waals surface area contributed by atoms with E-state index in [1.54, 1.807) is 30.3 Å². The SMILES string of the molecule is CC(C)COc1nc(-c2cccc(Cl)c2)n(C(=O)c2ccccc2F)n1. The fourth-order valence-electron chi connectivity index (χ4n) is 2.30. The molecule has 3 aromatic rings. The van der Waals surface area contributed by atoms with Gasteiger partial charge >= 0.3 is 6.01 Å². The minimum absolute atomic E-state index is 0.0540. The fraction of sp³-hybridized carbons (Fsp3) is 0.211. The van der Waals surface area contributed by atoms with Gasteiger partial charge in [-0.3, -0.25) is 4.79 Å². The number of carbonyl (C=O) groups excluding carboxylic acids is 1. The second-order valence-electron chi connectivity index (χ2n) is 6.13. The van der Waals surface area contributed by atoms with E-state index in [1.807, 2.05) is 13.8 Å². The molecule has 0 amide bonds. The molecule has 0 spiro atoms. The van der Waals surface area contributed by atoms with Gasteiger partial charge in [0.2, 0.25) is 0 Å². The molecule has 0 saturated heterocycles. The van der Waals surface area contributed by atoms with Crippen LogP contribution >= 0.6 is 11.6 Å². The van der Waals surface area contributed by atoms with E-state index in [-0.39, 0.29) is 23.3 Å². The van der Waals surface area contributed by atoms with Crippen LogP contribution in [0.1, 0.15) is 24.2 Å². The number of hydrogen-bond acceptors (Lipinski definition) is 4. The normalized spacial score (nSPS) is 11.0. The predicted molar refractivity (Wildman–Crippen MR) is 96.9 cm³/mol. The smallest absolute Gasteiger partial charge is 0.336 e. The molecule has 3 rings (SSSR count). The van der Waals surface area contributed by atoms with Crippen LogP contribution in [0.4, 0.5) is 4.39 Å². The van der Waals surface area contributed by atoms with E-state index >= 15 is 0 Å². The van der Waals surface area contributed by atoms with Gasteiger partial charge in [0.25, 0.3) is 5.91 Å². The van der Waals surface area contributed by atoms with E-state index in [2.05, 4.69) is 10.1 Å². The Kier molecular flexibility index (Phi) is 5.32. The lowest BCUT2D eigenvalue weighted by atomic mass is 10.2. The van der Waals surface area contributed by atoms with E-state index in [1.165, 1.54) is 18.2 Å². The summed E-state index contributed by atoms with van der Waals surface area (Å²) < 4.78 is 20.6. The van der Waals surface area contributed by atoms with Gasteiger partial charge in [0.05, 0.1) is 12.2 Å². The Morgan fingerprint density at radius 1 is 1.23 bits per heavy atom. The Labute approximate surface area is 155 Å². The van der Waals surface area contributed by atoms with Crippen molar-refractivity contribution in [2.24, 2.45) is 5.92 Å². The Hall–Kier alpha value is -2.73. The average Bonchev–Trinajstić information content (AvgIpc) is 3.04. The first-order valence-corrected chi connectivity index (χ1v) is 8.48. The number of hydrogen-bond donors (Lipinski definition) is 0. The molecule has 0 fully saturated rings. The van der Waals surface area contributed by atoms with Gasteiger partial charge in [-0.25, -0.2) is 4.39 Å². The molecule has 0 N–H and O–H groups in total. The summed E-state index contributed by atoms with van der Waals surface area (Å²) in [6, 6.07) is 12.6. The van der Waals surface area contributed by atoms with Gasteiger partial charge in [-0.1, -0.05) is 49.7 Å². The number of nitrogens with zero attached hydrogens (tertiary/aromatic N) is 3. The summed E-state index contributed by atoms with van der Waals surface area (Å²) >= 11 is 6.04. The summed E-state index contributed by atoms with van der Waals surface area (Å²) in [6.45, 7) is 4.37. The molecule has 0 atom stereocenters. The van der Waals surface area contributed by atoms with Gasteiger partial charge in [0, 0.05) is 10.6 Å². The Morgan fingerprint density at radius 2 is 2.00 bits per heavy atom. The number of benzene rings is 2. The Balaban J connectivity index is 2.07. The van der Waals surface area contributed by atoms with Crippen molar-refractivity contribution in [1.82, 2.24) is 14.8 Å². The summed E-state index contributed by atoms with van der Waals surface area (Å²) in [5.74, 6) is -0.766. The third-order valence-electron chi connectivity index (χ3n) is 3.51. The molecule has 0 saturated carbocycles. The first-order chi connectivity index (χ1) is 12.5. The first-order valence-electron chi connectivity index (χ1n) is 8.10. The van der Waals surface area contributed by atoms with Crippen molar-refractivity contribution >= 4 is 17.5 Å². The molecule has 0 aliphatic heterocycles. The maximum atomic E-state index is 14.0. The lowest BCUT2D eigenvalue weighted by Gasteiger charge is -2.05. The summed E-state index contributed by atoms with van der Waals surface area (Å²) in [5, 5.41) is 4.62. The van der Waals surface area contributed by atoms with Gasteiger partial charge in [0.15, 0.2) is 5.82 Å². The molecule has 0 bridgehead atoms. The first kappa shape index (κ1) is 18.1. The van der Waals surface area contributed by atoms with E-state index < -0.39 is 11.7 Å². The van der Waals surface area contributed by atoms with Gasteiger partial charge in [-0.2, -0.15) is 9.67 Å². The molecule has 1 heterocycles. The molecule has 0 unspecified atom stereocenters. The van der Waals surface area contributed by atoms with Crippen molar-refractivity contribution in [3.05, 3.63) is 64.9 Å². The van der Waals surface area contributed by atoms with Crippen molar-refractivity contribution in [3.63, 3.8) is 0 Å². The van der Waals surface area contributed by atoms with Crippen LogP contribution in [0.3, 0.4) is 0 Å². The van der Waals surface area contributed by atoms with Crippen LogP contribution in [0.15, 0.2) is 48.5 Å². The fourth-order valence-corrected chi connectivity index (χ4v) is 2.49. The molecule has 0 aliphatic rings. The number of aromatic nitrogens is 3. The second kappa shape index (κ2) is 7.66. The van der Waals surface area contributed by atoms with Gasteiger partial charge in [0.1, 0.15) is 5.82 Å². The van der Waals surface area contributed by atoms with Crippen LogP contribution in [-0.2, 0) is 0 Å². The maximum absolute atomic E-state index is 14.0.